The molecule has 0 spiro atoms. The Labute approximate surface area is 121 Å². The van der Waals surface area contributed by atoms with E-state index in [2.05, 4.69) is 26.1 Å². The van der Waals surface area contributed by atoms with E-state index in [0.29, 0.717) is 17.9 Å². The van der Waals surface area contributed by atoms with Crippen LogP contribution in [0.2, 0.25) is 0 Å². The lowest BCUT2D eigenvalue weighted by molar-refractivity contribution is 0.375. The Morgan fingerprint density at radius 1 is 1.15 bits per heavy atom. The summed E-state index contributed by atoms with van der Waals surface area (Å²) in [6.45, 7) is 7.44. The summed E-state index contributed by atoms with van der Waals surface area (Å²) in [5.41, 5.74) is 0.474. The second-order valence-electron chi connectivity index (χ2n) is 5.70. The summed E-state index contributed by atoms with van der Waals surface area (Å²) >= 11 is 0. The molecule has 1 N–H and O–H groups in total. The monoisotopic (exact) mass is 283 g/mol. The molecule has 0 radical (unpaired) electrons. The molecule has 2 unspecified atom stereocenters. The van der Waals surface area contributed by atoms with Crippen LogP contribution in [-0.2, 0) is 6.42 Å². The Morgan fingerprint density at radius 2 is 1.90 bits per heavy atom. The van der Waals surface area contributed by atoms with Crippen LogP contribution < -0.4 is 5.32 Å². The van der Waals surface area contributed by atoms with Gasteiger partial charge in [-0.05, 0) is 43.4 Å². The van der Waals surface area contributed by atoms with Crippen LogP contribution in [0, 0.1) is 17.6 Å². The van der Waals surface area contributed by atoms with Gasteiger partial charge in [-0.3, -0.25) is 0 Å². The van der Waals surface area contributed by atoms with Gasteiger partial charge in [0.2, 0.25) is 0 Å². The van der Waals surface area contributed by atoms with Crippen molar-refractivity contribution in [1.82, 2.24) is 5.32 Å². The van der Waals surface area contributed by atoms with Crippen LogP contribution in [0.1, 0.15) is 52.0 Å². The highest BCUT2D eigenvalue weighted by Crippen LogP contribution is 2.18. The highest BCUT2D eigenvalue weighted by Gasteiger charge is 2.16. The van der Waals surface area contributed by atoms with E-state index in [0.717, 1.165) is 25.8 Å². The van der Waals surface area contributed by atoms with Gasteiger partial charge in [-0.25, -0.2) is 8.78 Å². The van der Waals surface area contributed by atoms with Crippen molar-refractivity contribution in [2.75, 3.05) is 6.54 Å². The smallest absolute Gasteiger partial charge is 0.162 e. The summed E-state index contributed by atoms with van der Waals surface area (Å²) in [5, 5.41) is 3.46. The quantitative estimate of drug-likeness (QED) is 0.692. The molecule has 1 rings (SSSR count). The van der Waals surface area contributed by atoms with Crippen molar-refractivity contribution in [3.63, 3.8) is 0 Å². The predicted molar refractivity (Wildman–Crippen MR) is 80.8 cm³/mol. The van der Waals surface area contributed by atoms with E-state index in [1.165, 1.54) is 12.5 Å². The van der Waals surface area contributed by atoms with E-state index in [-0.39, 0.29) is 6.04 Å². The van der Waals surface area contributed by atoms with Crippen LogP contribution in [0.3, 0.4) is 0 Å². The van der Waals surface area contributed by atoms with Gasteiger partial charge in [0.15, 0.2) is 11.6 Å². The Balaban J connectivity index is 2.70. The van der Waals surface area contributed by atoms with E-state index >= 15 is 0 Å². The third-order valence-corrected chi connectivity index (χ3v) is 3.65. The zero-order valence-corrected chi connectivity index (χ0v) is 12.9. The molecule has 1 nitrogen and oxygen atoms in total. The van der Waals surface area contributed by atoms with Gasteiger partial charge in [-0.15, -0.1) is 0 Å². The Morgan fingerprint density at radius 3 is 2.55 bits per heavy atom. The standard InChI is InChI=1S/C17H27F2N/c1-4-7-13(3)11-15(20-10-5-2)12-14-8-6-9-16(18)17(14)19/h6,8-9,13,15,20H,4-5,7,10-12H2,1-3H3. The number of hydrogen-bond donors (Lipinski definition) is 1. The molecule has 3 heteroatoms. The largest absolute Gasteiger partial charge is 0.314 e. The van der Waals surface area contributed by atoms with Crippen molar-refractivity contribution >= 4 is 0 Å². The zero-order chi connectivity index (χ0) is 15.0. The topological polar surface area (TPSA) is 12.0 Å². The van der Waals surface area contributed by atoms with Crippen molar-refractivity contribution in [2.24, 2.45) is 5.92 Å². The molecule has 0 amide bonds. The molecular weight excluding hydrogens is 256 g/mol. The van der Waals surface area contributed by atoms with E-state index in [1.54, 1.807) is 12.1 Å². The van der Waals surface area contributed by atoms with Gasteiger partial charge in [0.1, 0.15) is 0 Å². The lowest BCUT2D eigenvalue weighted by Crippen LogP contribution is -2.33. The number of nitrogens with one attached hydrogen (secondary N) is 1. The molecule has 0 aliphatic carbocycles. The first-order valence-electron chi connectivity index (χ1n) is 7.74. The molecule has 0 aliphatic heterocycles. The van der Waals surface area contributed by atoms with Crippen LogP contribution in [0.15, 0.2) is 18.2 Å². The number of halogens is 2. The number of rotatable bonds is 9. The minimum atomic E-state index is -0.752. The van der Waals surface area contributed by atoms with Crippen molar-refractivity contribution in [3.05, 3.63) is 35.4 Å². The lowest BCUT2D eigenvalue weighted by atomic mass is 9.93. The molecule has 114 valence electrons. The van der Waals surface area contributed by atoms with Gasteiger partial charge in [0.25, 0.3) is 0 Å². The summed E-state index contributed by atoms with van der Waals surface area (Å²) in [5.74, 6) is -0.844. The third-order valence-electron chi connectivity index (χ3n) is 3.65. The van der Waals surface area contributed by atoms with Gasteiger partial charge in [0, 0.05) is 6.04 Å². The minimum absolute atomic E-state index is 0.216. The van der Waals surface area contributed by atoms with Gasteiger partial charge in [0.05, 0.1) is 0 Å². The molecule has 2 atom stereocenters. The first kappa shape index (κ1) is 17.1. The van der Waals surface area contributed by atoms with Crippen LogP contribution in [0.25, 0.3) is 0 Å². The molecule has 0 bridgehead atoms. The molecule has 0 fully saturated rings. The minimum Gasteiger partial charge on any atom is -0.314 e. The van der Waals surface area contributed by atoms with Crippen LogP contribution in [-0.4, -0.2) is 12.6 Å². The summed E-state index contributed by atoms with van der Waals surface area (Å²) in [4.78, 5) is 0. The summed E-state index contributed by atoms with van der Waals surface area (Å²) < 4.78 is 27.0. The summed E-state index contributed by atoms with van der Waals surface area (Å²) in [7, 11) is 0. The molecule has 1 aromatic carbocycles. The Hall–Kier alpha value is -0.960. The maximum atomic E-state index is 13.8. The van der Waals surface area contributed by atoms with E-state index < -0.39 is 11.6 Å². The van der Waals surface area contributed by atoms with Crippen LogP contribution >= 0.6 is 0 Å². The summed E-state index contributed by atoms with van der Waals surface area (Å²) in [6, 6.07) is 4.66. The highest BCUT2D eigenvalue weighted by molar-refractivity contribution is 5.20. The molecule has 1 aromatic rings. The van der Waals surface area contributed by atoms with E-state index in [1.807, 2.05) is 0 Å². The Bertz CT molecular complexity index is 393. The average molecular weight is 283 g/mol. The van der Waals surface area contributed by atoms with Crippen LogP contribution in [0.4, 0.5) is 8.78 Å². The molecule has 0 aromatic heterocycles. The van der Waals surface area contributed by atoms with Gasteiger partial charge in [-0.2, -0.15) is 0 Å². The zero-order valence-electron chi connectivity index (χ0n) is 12.9. The van der Waals surface area contributed by atoms with Crippen molar-refractivity contribution in [2.45, 2.75) is 58.9 Å². The van der Waals surface area contributed by atoms with E-state index in [4.69, 9.17) is 0 Å². The second kappa shape index (κ2) is 9.06. The maximum Gasteiger partial charge on any atom is 0.162 e. The fourth-order valence-electron chi connectivity index (χ4n) is 2.66. The molecule has 0 saturated carbocycles. The molecule has 20 heavy (non-hydrogen) atoms. The second-order valence-corrected chi connectivity index (χ2v) is 5.70. The average Bonchev–Trinajstić information content (AvgIpc) is 2.41. The molecule has 0 heterocycles. The van der Waals surface area contributed by atoms with E-state index in [9.17, 15) is 8.78 Å². The van der Waals surface area contributed by atoms with Gasteiger partial charge < -0.3 is 5.32 Å². The van der Waals surface area contributed by atoms with Crippen molar-refractivity contribution in [3.8, 4) is 0 Å². The number of benzene rings is 1. The SMILES string of the molecule is CCCNC(Cc1cccc(F)c1F)CC(C)CCC. The fraction of sp³-hybridized carbons (Fsp3) is 0.647. The maximum absolute atomic E-state index is 13.8. The van der Waals surface area contributed by atoms with Crippen LogP contribution in [0.5, 0.6) is 0 Å². The van der Waals surface area contributed by atoms with Gasteiger partial charge in [-0.1, -0.05) is 45.7 Å². The first-order chi connectivity index (χ1) is 9.58. The third kappa shape index (κ3) is 5.58. The Kier molecular flexibility index (Phi) is 7.75. The van der Waals surface area contributed by atoms with Gasteiger partial charge >= 0.3 is 0 Å². The first-order valence-corrected chi connectivity index (χ1v) is 7.74. The molecule has 0 aliphatic rings. The predicted octanol–water partition coefficient (Wildman–Crippen LogP) is 4.70. The number of hydrogen-bond acceptors (Lipinski definition) is 1. The van der Waals surface area contributed by atoms with Crippen molar-refractivity contribution in [1.29, 1.82) is 0 Å². The normalized spacial score (nSPS) is 14.2. The molecular formula is C17H27F2N. The molecule has 0 saturated heterocycles. The fourth-order valence-corrected chi connectivity index (χ4v) is 2.66. The highest BCUT2D eigenvalue weighted by atomic mass is 19.2. The van der Waals surface area contributed by atoms with Crippen molar-refractivity contribution < 1.29 is 8.78 Å². The summed E-state index contributed by atoms with van der Waals surface area (Å²) in [6.07, 6.45) is 4.94. The lowest BCUT2D eigenvalue weighted by Gasteiger charge is -2.22.